The third kappa shape index (κ3) is 5.35. The normalized spacial score (nSPS) is 19.0. The maximum Gasteiger partial charge on any atom is 0.321 e. The number of aromatic nitrogens is 1. The largest absolute Gasteiger partial charge is 0.354 e. The van der Waals surface area contributed by atoms with Crippen LogP contribution >= 0.6 is 0 Å². The van der Waals surface area contributed by atoms with Crippen molar-refractivity contribution >= 4 is 17.6 Å². The van der Waals surface area contributed by atoms with Crippen LogP contribution in [0.2, 0.25) is 0 Å². The molecule has 34 heavy (non-hydrogen) atoms. The number of amides is 3. The summed E-state index contributed by atoms with van der Waals surface area (Å²) in [5, 5.41) is 5.83. The Morgan fingerprint density at radius 3 is 2.41 bits per heavy atom. The number of urea groups is 1. The molecule has 1 aromatic heterocycles. The Morgan fingerprint density at radius 2 is 1.76 bits per heavy atom. The number of likely N-dealkylation sites (tertiary alicyclic amines) is 1. The number of piperidine rings is 1. The fourth-order valence-electron chi connectivity index (χ4n) is 5.13. The lowest BCUT2D eigenvalue weighted by molar-refractivity contribution is -0.124. The molecule has 182 valence electrons. The molecule has 9 heteroatoms. The number of hydrogen-bond donors (Lipinski definition) is 3. The first kappa shape index (κ1) is 24.1. The number of hydrogen-bond acceptors (Lipinski definition) is 4. The van der Waals surface area contributed by atoms with Gasteiger partial charge in [0.2, 0.25) is 5.91 Å². The number of rotatable bonds is 6. The highest BCUT2D eigenvalue weighted by Gasteiger charge is 2.38. The van der Waals surface area contributed by atoms with Crippen LogP contribution in [-0.4, -0.2) is 47.5 Å². The summed E-state index contributed by atoms with van der Waals surface area (Å²) in [6.07, 6.45) is 8.04. The second-order valence-electron chi connectivity index (χ2n) is 9.35. The van der Waals surface area contributed by atoms with Gasteiger partial charge in [-0.1, -0.05) is 18.9 Å². The molecule has 4 rings (SSSR count). The lowest BCUT2D eigenvalue weighted by Crippen LogP contribution is -2.52. The zero-order valence-electron chi connectivity index (χ0n) is 19.1. The van der Waals surface area contributed by atoms with Crippen LogP contribution in [0, 0.1) is 17.6 Å². The molecule has 1 aromatic carbocycles. The standard InChI is InChI=1S/C25H31F2N5O2/c26-20-4-3-18(15-21(20)27)25(9-1-2-10-25)16-30-23(33)22(28)17-7-13-32(14-8-17)24(34)31-19-5-11-29-12-6-19/h3-6,11-12,15,17,22H,1-2,7-10,13-14,16,28H2,(H,30,33)(H,29,31,34). The van der Waals surface area contributed by atoms with Crippen LogP contribution in [0.25, 0.3) is 0 Å². The Labute approximate surface area is 198 Å². The molecule has 2 aromatic rings. The number of nitrogens with zero attached hydrogens (tertiary/aromatic N) is 2. The lowest BCUT2D eigenvalue weighted by atomic mass is 9.78. The van der Waals surface area contributed by atoms with Gasteiger partial charge in [0.15, 0.2) is 11.6 Å². The predicted octanol–water partition coefficient (Wildman–Crippen LogP) is 3.56. The highest BCUT2D eigenvalue weighted by molar-refractivity contribution is 5.89. The second kappa shape index (κ2) is 10.5. The van der Waals surface area contributed by atoms with Gasteiger partial charge in [0, 0.05) is 43.1 Å². The Morgan fingerprint density at radius 1 is 1.09 bits per heavy atom. The quantitative estimate of drug-likeness (QED) is 0.600. The third-order valence-corrected chi connectivity index (χ3v) is 7.26. The van der Waals surface area contributed by atoms with E-state index < -0.39 is 23.1 Å². The van der Waals surface area contributed by atoms with E-state index >= 15 is 0 Å². The van der Waals surface area contributed by atoms with Gasteiger partial charge in [-0.05, 0) is 61.4 Å². The molecule has 1 unspecified atom stereocenters. The molecule has 7 nitrogen and oxygen atoms in total. The van der Waals surface area contributed by atoms with Gasteiger partial charge < -0.3 is 21.3 Å². The van der Waals surface area contributed by atoms with E-state index in [1.807, 2.05) is 0 Å². The summed E-state index contributed by atoms with van der Waals surface area (Å²) in [5.74, 6) is -2.02. The fourth-order valence-corrected chi connectivity index (χ4v) is 5.13. The molecule has 2 aliphatic rings. The van der Waals surface area contributed by atoms with Crippen LogP contribution in [-0.2, 0) is 10.2 Å². The summed E-state index contributed by atoms with van der Waals surface area (Å²) < 4.78 is 27.3. The molecule has 1 atom stereocenters. The smallest absolute Gasteiger partial charge is 0.321 e. The number of nitrogens with two attached hydrogens (primary N) is 1. The Balaban J connectivity index is 1.29. The van der Waals surface area contributed by atoms with Gasteiger partial charge in [-0.15, -0.1) is 0 Å². The van der Waals surface area contributed by atoms with Crippen LogP contribution in [0.5, 0.6) is 0 Å². The van der Waals surface area contributed by atoms with Gasteiger partial charge in [0.25, 0.3) is 0 Å². The minimum absolute atomic E-state index is 0.0345. The van der Waals surface area contributed by atoms with Crippen molar-refractivity contribution in [1.82, 2.24) is 15.2 Å². The molecule has 1 aliphatic carbocycles. The SMILES string of the molecule is NC(C(=O)NCC1(c2ccc(F)c(F)c2)CCCC1)C1CCN(C(=O)Nc2ccncc2)CC1. The zero-order valence-corrected chi connectivity index (χ0v) is 19.1. The second-order valence-corrected chi connectivity index (χ2v) is 9.35. The summed E-state index contributed by atoms with van der Waals surface area (Å²) in [5.41, 5.74) is 7.29. The molecule has 2 heterocycles. The topological polar surface area (TPSA) is 100 Å². The van der Waals surface area contributed by atoms with E-state index in [4.69, 9.17) is 5.73 Å². The first-order valence-electron chi connectivity index (χ1n) is 11.8. The van der Waals surface area contributed by atoms with Crippen molar-refractivity contribution in [3.8, 4) is 0 Å². The number of carbonyl (C=O) groups excluding carboxylic acids is 2. The molecule has 0 radical (unpaired) electrons. The van der Waals surface area contributed by atoms with Crippen LogP contribution in [0.15, 0.2) is 42.7 Å². The van der Waals surface area contributed by atoms with Crippen molar-refractivity contribution in [2.45, 2.75) is 50.0 Å². The Bertz CT molecular complexity index is 1010. The van der Waals surface area contributed by atoms with Crippen molar-refractivity contribution in [3.63, 3.8) is 0 Å². The van der Waals surface area contributed by atoms with Crippen LogP contribution in [0.3, 0.4) is 0 Å². The van der Waals surface area contributed by atoms with Crippen LogP contribution in [0.1, 0.15) is 44.1 Å². The van der Waals surface area contributed by atoms with Crippen LogP contribution < -0.4 is 16.4 Å². The molecule has 0 spiro atoms. The highest BCUT2D eigenvalue weighted by Crippen LogP contribution is 2.41. The molecule has 4 N–H and O–H groups in total. The van der Waals surface area contributed by atoms with Gasteiger partial charge in [0.05, 0.1) is 6.04 Å². The average Bonchev–Trinajstić information content (AvgIpc) is 3.34. The first-order valence-corrected chi connectivity index (χ1v) is 11.8. The summed E-state index contributed by atoms with van der Waals surface area (Å²) in [6, 6.07) is 6.59. The van der Waals surface area contributed by atoms with Gasteiger partial charge >= 0.3 is 6.03 Å². The highest BCUT2D eigenvalue weighted by atomic mass is 19.2. The average molecular weight is 472 g/mol. The maximum atomic E-state index is 13.9. The summed E-state index contributed by atoms with van der Waals surface area (Å²) in [4.78, 5) is 31.0. The summed E-state index contributed by atoms with van der Waals surface area (Å²) >= 11 is 0. The molecule has 1 saturated carbocycles. The van der Waals surface area contributed by atoms with Crippen LogP contribution in [0.4, 0.5) is 19.3 Å². The molecular formula is C25H31F2N5O2. The van der Waals surface area contributed by atoms with Crippen molar-refractivity contribution in [1.29, 1.82) is 0 Å². The van der Waals surface area contributed by atoms with E-state index in [1.54, 1.807) is 35.5 Å². The van der Waals surface area contributed by atoms with Gasteiger partial charge in [-0.3, -0.25) is 9.78 Å². The van der Waals surface area contributed by atoms with E-state index in [1.165, 1.54) is 6.07 Å². The Hall–Kier alpha value is -3.07. The van der Waals surface area contributed by atoms with Crippen molar-refractivity contribution in [3.05, 3.63) is 59.9 Å². The fraction of sp³-hybridized carbons (Fsp3) is 0.480. The number of pyridine rings is 1. The van der Waals surface area contributed by atoms with Crippen molar-refractivity contribution in [2.24, 2.45) is 11.7 Å². The van der Waals surface area contributed by atoms with E-state index in [0.717, 1.165) is 31.7 Å². The summed E-state index contributed by atoms with van der Waals surface area (Å²) in [7, 11) is 0. The molecule has 3 amide bonds. The monoisotopic (exact) mass is 471 g/mol. The van der Waals surface area contributed by atoms with Gasteiger partial charge in [-0.2, -0.15) is 0 Å². The first-order chi connectivity index (χ1) is 16.4. The minimum atomic E-state index is -0.872. The molecular weight excluding hydrogens is 440 g/mol. The number of anilines is 1. The molecule has 2 fully saturated rings. The van der Waals surface area contributed by atoms with E-state index in [-0.39, 0.29) is 17.9 Å². The minimum Gasteiger partial charge on any atom is -0.354 e. The molecule has 0 bridgehead atoms. The van der Waals surface area contributed by atoms with Crippen molar-refractivity contribution < 1.29 is 18.4 Å². The zero-order chi connectivity index (χ0) is 24.1. The maximum absolute atomic E-state index is 13.9. The van der Waals surface area contributed by atoms with E-state index in [9.17, 15) is 18.4 Å². The number of halogens is 2. The van der Waals surface area contributed by atoms with Gasteiger partial charge in [0.1, 0.15) is 0 Å². The third-order valence-electron chi connectivity index (χ3n) is 7.26. The Kier molecular flexibility index (Phi) is 7.41. The van der Waals surface area contributed by atoms with Gasteiger partial charge in [-0.25, -0.2) is 13.6 Å². The van der Waals surface area contributed by atoms with E-state index in [0.29, 0.717) is 43.7 Å². The number of carbonyl (C=O) groups is 2. The molecule has 1 aliphatic heterocycles. The molecule has 1 saturated heterocycles. The summed E-state index contributed by atoms with van der Waals surface area (Å²) in [6.45, 7) is 1.38. The van der Waals surface area contributed by atoms with E-state index in [2.05, 4.69) is 15.6 Å². The number of benzene rings is 1. The predicted molar refractivity (Wildman–Crippen MR) is 125 cm³/mol. The number of nitrogens with one attached hydrogen (secondary N) is 2. The lowest BCUT2D eigenvalue weighted by Gasteiger charge is -2.35. The van der Waals surface area contributed by atoms with Crippen molar-refractivity contribution in [2.75, 3.05) is 25.0 Å².